The molecule has 0 radical (unpaired) electrons. The molecule has 0 aliphatic rings. The van der Waals surface area contributed by atoms with Crippen LogP contribution < -0.4 is 5.32 Å². The van der Waals surface area contributed by atoms with E-state index >= 15 is 0 Å². The first-order chi connectivity index (χ1) is 9.99. The molecule has 0 aliphatic heterocycles. The van der Waals surface area contributed by atoms with Gasteiger partial charge in [0.1, 0.15) is 11.4 Å². The fraction of sp³-hybridized carbons (Fsp3) is 0.429. The lowest BCUT2D eigenvalue weighted by molar-refractivity contribution is -0.115. The number of nitrogens with zero attached hydrogens (tertiary/aromatic N) is 3. The summed E-state index contributed by atoms with van der Waals surface area (Å²) in [6.07, 6.45) is 2.25. The second-order valence-electron chi connectivity index (χ2n) is 4.66. The second-order valence-corrected chi connectivity index (χ2v) is 7.09. The lowest BCUT2D eigenvalue weighted by Crippen LogP contribution is -2.24. The van der Waals surface area contributed by atoms with E-state index in [2.05, 4.69) is 20.3 Å². The number of nitrogens with one attached hydrogen (secondary N) is 1. The first kappa shape index (κ1) is 15.9. The molecule has 0 saturated carbocycles. The number of thiazole rings is 1. The van der Waals surface area contributed by atoms with Crippen LogP contribution in [0.15, 0.2) is 17.4 Å². The van der Waals surface area contributed by atoms with Crippen molar-refractivity contribution in [2.75, 3.05) is 5.32 Å². The van der Waals surface area contributed by atoms with Gasteiger partial charge in [0.2, 0.25) is 5.91 Å². The summed E-state index contributed by atoms with van der Waals surface area (Å²) >= 11 is 2.96. The Labute approximate surface area is 132 Å². The monoisotopic (exact) mass is 322 g/mol. The molecule has 1 unspecified atom stereocenters. The van der Waals surface area contributed by atoms with Crippen molar-refractivity contribution >= 4 is 34.1 Å². The van der Waals surface area contributed by atoms with Crippen LogP contribution in [-0.4, -0.2) is 26.1 Å². The summed E-state index contributed by atoms with van der Waals surface area (Å²) in [6, 6.07) is 1.89. The van der Waals surface area contributed by atoms with Gasteiger partial charge in [0.05, 0.1) is 10.9 Å². The van der Waals surface area contributed by atoms with Gasteiger partial charge >= 0.3 is 0 Å². The molecule has 0 fully saturated rings. The van der Waals surface area contributed by atoms with Gasteiger partial charge in [0.15, 0.2) is 5.13 Å². The summed E-state index contributed by atoms with van der Waals surface area (Å²) in [6.45, 7) is 7.84. The van der Waals surface area contributed by atoms with Crippen LogP contribution in [0, 0.1) is 20.8 Å². The molecule has 1 amide bonds. The van der Waals surface area contributed by atoms with Gasteiger partial charge in [-0.25, -0.2) is 15.0 Å². The highest BCUT2D eigenvalue weighted by Gasteiger charge is 2.20. The van der Waals surface area contributed by atoms with Gasteiger partial charge in [-0.1, -0.05) is 18.7 Å². The minimum absolute atomic E-state index is 0.0347. The molecule has 2 rings (SSSR count). The van der Waals surface area contributed by atoms with E-state index in [0.29, 0.717) is 5.13 Å². The molecule has 0 saturated heterocycles. The van der Waals surface area contributed by atoms with Crippen LogP contribution in [0.1, 0.15) is 29.6 Å². The first-order valence-corrected chi connectivity index (χ1v) is 8.39. The third kappa shape index (κ3) is 4.25. The topological polar surface area (TPSA) is 67.8 Å². The molecule has 112 valence electrons. The van der Waals surface area contributed by atoms with Crippen molar-refractivity contribution in [2.24, 2.45) is 0 Å². The highest BCUT2D eigenvalue weighted by molar-refractivity contribution is 8.00. The average molecular weight is 322 g/mol. The number of hydrogen-bond donors (Lipinski definition) is 1. The molecule has 0 spiro atoms. The highest BCUT2D eigenvalue weighted by atomic mass is 32.2. The molecule has 21 heavy (non-hydrogen) atoms. The number of hydrogen-bond acceptors (Lipinski definition) is 6. The van der Waals surface area contributed by atoms with E-state index in [4.69, 9.17) is 0 Å². The van der Waals surface area contributed by atoms with Crippen LogP contribution in [0.4, 0.5) is 5.13 Å². The molecule has 1 atom stereocenters. The quantitative estimate of drug-likeness (QED) is 0.675. The van der Waals surface area contributed by atoms with E-state index in [-0.39, 0.29) is 11.2 Å². The number of carbonyl (C=O) groups is 1. The predicted octanol–water partition coefficient (Wildman–Crippen LogP) is 3.37. The van der Waals surface area contributed by atoms with Crippen LogP contribution >= 0.6 is 23.1 Å². The molecule has 7 heteroatoms. The largest absolute Gasteiger partial charge is 0.301 e. The number of thioether (sulfide) groups is 1. The maximum absolute atomic E-state index is 12.3. The Morgan fingerprint density at radius 2 is 2.14 bits per heavy atom. The molecule has 2 aromatic heterocycles. The lowest BCUT2D eigenvalue weighted by atomic mass is 10.3. The van der Waals surface area contributed by atoms with Gasteiger partial charge in [-0.2, -0.15) is 0 Å². The zero-order chi connectivity index (χ0) is 15.4. The fourth-order valence-electron chi connectivity index (χ4n) is 1.67. The molecule has 0 bridgehead atoms. The summed E-state index contributed by atoms with van der Waals surface area (Å²) < 4.78 is 0. The van der Waals surface area contributed by atoms with Gasteiger partial charge in [-0.15, -0.1) is 11.3 Å². The molecule has 2 aromatic rings. The Kier molecular flexibility index (Phi) is 5.30. The van der Waals surface area contributed by atoms with Crippen LogP contribution in [-0.2, 0) is 4.79 Å². The summed E-state index contributed by atoms with van der Waals surface area (Å²) in [4.78, 5) is 26.1. The van der Waals surface area contributed by atoms with Crippen LogP contribution in [0.5, 0.6) is 0 Å². The number of amides is 1. The van der Waals surface area contributed by atoms with Crippen LogP contribution in [0.2, 0.25) is 0 Å². The number of aryl methyl sites for hydroxylation is 3. The second kappa shape index (κ2) is 7.00. The van der Waals surface area contributed by atoms with Crippen molar-refractivity contribution in [3.05, 3.63) is 28.7 Å². The van der Waals surface area contributed by atoms with Crippen molar-refractivity contribution in [1.82, 2.24) is 15.0 Å². The molecular weight excluding hydrogens is 304 g/mol. The fourth-order valence-corrected chi connectivity index (χ4v) is 3.46. The minimum Gasteiger partial charge on any atom is -0.301 e. The molecular formula is C14H18N4OS2. The van der Waals surface area contributed by atoms with Gasteiger partial charge in [-0.3, -0.25) is 4.79 Å². The minimum atomic E-state index is -0.191. The number of anilines is 1. The molecule has 5 nitrogen and oxygen atoms in total. The van der Waals surface area contributed by atoms with Gasteiger partial charge in [0.25, 0.3) is 0 Å². The summed E-state index contributed by atoms with van der Waals surface area (Å²) in [5.41, 5.74) is 1.86. The van der Waals surface area contributed by atoms with E-state index in [1.807, 2.05) is 33.8 Å². The SMILES string of the molecule is CCC(Sc1cc(C)ncn1)C(=O)Nc1nc(C)c(C)s1. The van der Waals surface area contributed by atoms with Crippen molar-refractivity contribution in [2.45, 2.75) is 44.4 Å². The summed E-state index contributed by atoms with van der Waals surface area (Å²) in [5, 5.41) is 4.18. The van der Waals surface area contributed by atoms with Crippen molar-refractivity contribution < 1.29 is 4.79 Å². The molecule has 2 heterocycles. The number of carbonyl (C=O) groups excluding carboxylic acids is 1. The first-order valence-electron chi connectivity index (χ1n) is 6.69. The number of rotatable bonds is 5. The van der Waals surface area contributed by atoms with Gasteiger partial charge < -0.3 is 5.32 Å². The standard InChI is InChI=1S/C14H18N4OS2/c1-5-11(21-12-6-8(2)15-7-16-12)13(19)18-14-17-9(3)10(4)20-14/h6-7,11H,5H2,1-4H3,(H,17,18,19). The van der Waals surface area contributed by atoms with E-state index in [1.54, 1.807) is 0 Å². The Bertz CT molecular complexity index is 622. The van der Waals surface area contributed by atoms with Gasteiger partial charge in [0, 0.05) is 10.6 Å². The zero-order valence-corrected chi connectivity index (χ0v) is 14.1. The highest BCUT2D eigenvalue weighted by Crippen LogP contribution is 2.26. The Balaban J connectivity index is 2.04. The van der Waals surface area contributed by atoms with Crippen molar-refractivity contribution in [3.63, 3.8) is 0 Å². The van der Waals surface area contributed by atoms with Crippen LogP contribution in [0.3, 0.4) is 0 Å². The summed E-state index contributed by atoms with van der Waals surface area (Å²) in [5.74, 6) is -0.0347. The lowest BCUT2D eigenvalue weighted by Gasteiger charge is -2.12. The predicted molar refractivity (Wildman–Crippen MR) is 86.9 cm³/mol. The Morgan fingerprint density at radius 3 is 2.71 bits per heavy atom. The smallest absolute Gasteiger partial charge is 0.239 e. The van der Waals surface area contributed by atoms with Crippen molar-refractivity contribution in [3.8, 4) is 0 Å². The summed E-state index contributed by atoms with van der Waals surface area (Å²) in [7, 11) is 0. The third-order valence-corrected chi connectivity index (χ3v) is 5.25. The maximum Gasteiger partial charge on any atom is 0.239 e. The van der Waals surface area contributed by atoms with E-state index < -0.39 is 0 Å². The van der Waals surface area contributed by atoms with Gasteiger partial charge in [-0.05, 0) is 33.3 Å². The van der Waals surface area contributed by atoms with Crippen LogP contribution in [0.25, 0.3) is 0 Å². The van der Waals surface area contributed by atoms with E-state index in [0.717, 1.165) is 27.7 Å². The Hall–Kier alpha value is -1.47. The molecule has 1 N–H and O–H groups in total. The third-order valence-electron chi connectivity index (χ3n) is 2.96. The van der Waals surface area contributed by atoms with E-state index in [1.165, 1.54) is 29.4 Å². The van der Waals surface area contributed by atoms with Crippen molar-refractivity contribution in [1.29, 1.82) is 0 Å². The zero-order valence-electron chi connectivity index (χ0n) is 12.5. The molecule has 0 aromatic carbocycles. The normalized spacial score (nSPS) is 12.2. The van der Waals surface area contributed by atoms with E-state index in [9.17, 15) is 4.79 Å². The average Bonchev–Trinajstić information content (AvgIpc) is 2.74. The molecule has 0 aliphatic carbocycles. The maximum atomic E-state index is 12.3. The number of aromatic nitrogens is 3. The Morgan fingerprint density at radius 1 is 1.38 bits per heavy atom.